The molecular weight excluding hydrogens is 212 g/mol. The Labute approximate surface area is 90.9 Å². The van der Waals surface area contributed by atoms with Crippen molar-refractivity contribution < 1.29 is 13.0 Å². The van der Waals surface area contributed by atoms with Crippen LogP contribution in [0.4, 0.5) is 0 Å². The Morgan fingerprint density at radius 1 is 1.27 bits per heavy atom. The van der Waals surface area contributed by atoms with Crippen molar-refractivity contribution in [2.75, 3.05) is 0 Å². The van der Waals surface area contributed by atoms with Crippen LogP contribution in [0.25, 0.3) is 0 Å². The average molecular weight is 228 g/mol. The van der Waals surface area contributed by atoms with Crippen LogP contribution < -0.4 is 0 Å². The number of hydrogen-bond acceptors (Lipinski definition) is 2. The highest BCUT2D eigenvalue weighted by Crippen LogP contribution is 2.23. The third-order valence-electron chi connectivity index (χ3n) is 2.60. The van der Waals surface area contributed by atoms with E-state index in [9.17, 15) is 8.42 Å². The molecule has 0 aromatic heterocycles. The summed E-state index contributed by atoms with van der Waals surface area (Å²) in [5.41, 5.74) is 2.73. The first-order valence-corrected chi connectivity index (χ1v) is 6.38. The van der Waals surface area contributed by atoms with Crippen LogP contribution in [-0.2, 0) is 16.5 Å². The second-order valence-corrected chi connectivity index (χ2v) is 5.10. The molecule has 84 valence electrons. The van der Waals surface area contributed by atoms with E-state index in [0.29, 0.717) is 6.42 Å². The van der Waals surface area contributed by atoms with E-state index in [2.05, 4.69) is 0 Å². The van der Waals surface area contributed by atoms with Crippen LogP contribution in [0.1, 0.15) is 30.0 Å². The second kappa shape index (κ2) is 4.33. The van der Waals surface area contributed by atoms with Crippen LogP contribution in [-0.4, -0.2) is 13.0 Å². The zero-order chi connectivity index (χ0) is 11.6. The third-order valence-corrected chi connectivity index (χ3v) is 3.54. The van der Waals surface area contributed by atoms with Gasteiger partial charge in [0.2, 0.25) is 0 Å². The molecule has 0 bridgehead atoms. The number of hydrogen-bond donors (Lipinski definition) is 1. The summed E-state index contributed by atoms with van der Waals surface area (Å²) in [6.07, 6.45) is 1.52. The van der Waals surface area contributed by atoms with E-state index in [1.54, 1.807) is 6.07 Å². The van der Waals surface area contributed by atoms with E-state index in [-0.39, 0.29) is 4.90 Å². The molecule has 0 fully saturated rings. The molecule has 0 spiro atoms. The molecule has 0 unspecified atom stereocenters. The molecule has 0 atom stereocenters. The van der Waals surface area contributed by atoms with Crippen LogP contribution in [0.3, 0.4) is 0 Å². The lowest BCUT2D eigenvalue weighted by atomic mass is 10.00. The molecule has 0 saturated carbocycles. The van der Waals surface area contributed by atoms with E-state index in [1.165, 1.54) is 6.07 Å². The van der Waals surface area contributed by atoms with Gasteiger partial charge in [0.25, 0.3) is 10.1 Å². The minimum absolute atomic E-state index is 0.0486. The molecule has 0 heterocycles. The van der Waals surface area contributed by atoms with E-state index in [1.807, 2.05) is 20.8 Å². The predicted molar refractivity (Wildman–Crippen MR) is 59.7 cm³/mol. The zero-order valence-corrected chi connectivity index (χ0v) is 10.1. The van der Waals surface area contributed by atoms with Crippen molar-refractivity contribution in [2.45, 2.75) is 38.5 Å². The summed E-state index contributed by atoms with van der Waals surface area (Å²) in [7, 11) is -4.09. The van der Waals surface area contributed by atoms with Gasteiger partial charge in [-0.05, 0) is 43.0 Å². The van der Waals surface area contributed by atoms with Crippen molar-refractivity contribution in [3.63, 3.8) is 0 Å². The fraction of sp³-hybridized carbons (Fsp3) is 0.455. The Kier molecular flexibility index (Phi) is 3.52. The number of rotatable bonds is 3. The van der Waals surface area contributed by atoms with E-state index < -0.39 is 10.1 Å². The van der Waals surface area contributed by atoms with Gasteiger partial charge in [-0.15, -0.1) is 0 Å². The molecule has 0 radical (unpaired) electrons. The summed E-state index contributed by atoms with van der Waals surface area (Å²) >= 11 is 0. The van der Waals surface area contributed by atoms with E-state index >= 15 is 0 Å². The molecule has 1 N–H and O–H groups in total. The Hall–Kier alpha value is -0.870. The van der Waals surface area contributed by atoms with Crippen LogP contribution >= 0.6 is 0 Å². The van der Waals surface area contributed by atoms with Crippen LogP contribution in [0.5, 0.6) is 0 Å². The van der Waals surface area contributed by atoms with Gasteiger partial charge in [0.05, 0.1) is 4.90 Å². The van der Waals surface area contributed by atoms with Gasteiger partial charge in [-0.2, -0.15) is 8.42 Å². The first-order chi connectivity index (χ1) is 6.88. The SMILES string of the molecule is CCCc1c(S(=O)(=O)O)ccc(C)c1C. The molecule has 0 aliphatic heterocycles. The molecule has 4 heteroatoms. The Bertz CT molecular complexity index is 461. The van der Waals surface area contributed by atoms with Gasteiger partial charge >= 0.3 is 0 Å². The van der Waals surface area contributed by atoms with Gasteiger partial charge < -0.3 is 0 Å². The Balaban J connectivity index is 3.47. The van der Waals surface area contributed by atoms with Crippen molar-refractivity contribution in [2.24, 2.45) is 0 Å². The molecule has 0 aliphatic carbocycles. The molecule has 15 heavy (non-hydrogen) atoms. The van der Waals surface area contributed by atoms with Crippen LogP contribution in [0.15, 0.2) is 17.0 Å². The highest BCUT2D eigenvalue weighted by atomic mass is 32.2. The average Bonchev–Trinajstić information content (AvgIpc) is 2.11. The van der Waals surface area contributed by atoms with Gasteiger partial charge in [0.15, 0.2) is 0 Å². The number of aryl methyl sites for hydroxylation is 1. The smallest absolute Gasteiger partial charge is 0.282 e. The standard InChI is InChI=1S/C11H16O3S/c1-4-5-10-9(3)8(2)6-7-11(10)15(12,13)14/h6-7H,4-5H2,1-3H3,(H,12,13,14). The summed E-state index contributed by atoms with van der Waals surface area (Å²) in [6.45, 7) is 5.80. The van der Waals surface area contributed by atoms with Crippen LogP contribution in [0.2, 0.25) is 0 Å². The lowest BCUT2D eigenvalue weighted by molar-refractivity contribution is 0.482. The van der Waals surface area contributed by atoms with Crippen molar-refractivity contribution in [1.29, 1.82) is 0 Å². The molecule has 1 aromatic rings. The van der Waals surface area contributed by atoms with E-state index in [0.717, 1.165) is 23.1 Å². The topological polar surface area (TPSA) is 54.4 Å². The fourth-order valence-electron chi connectivity index (χ4n) is 1.65. The first kappa shape index (κ1) is 12.2. The maximum Gasteiger partial charge on any atom is 0.294 e. The third kappa shape index (κ3) is 2.58. The molecule has 1 rings (SSSR count). The predicted octanol–water partition coefficient (Wildman–Crippen LogP) is 2.50. The summed E-state index contributed by atoms with van der Waals surface area (Å²) in [4.78, 5) is 0.0486. The summed E-state index contributed by atoms with van der Waals surface area (Å²) in [5, 5.41) is 0. The van der Waals surface area contributed by atoms with Gasteiger partial charge in [-0.25, -0.2) is 0 Å². The van der Waals surface area contributed by atoms with Crippen LogP contribution in [0, 0.1) is 13.8 Å². The highest BCUT2D eigenvalue weighted by molar-refractivity contribution is 7.85. The fourth-order valence-corrected chi connectivity index (χ4v) is 2.46. The molecule has 0 aliphatic rings. The van der Waals surface area contributed by atoms with Gasteiger partial charge in [0.1, 0.15) is 0 Å². The highest BCUT2D eigenvalue weighted by Gasteiger charge is 2.17. The Morgan fingerprint density at radius 2 is 1.87 bits per heavy atom. The first-order valence-electron chi connectivity index (χ1n) is 4.94. The zero-order valence-electron chi connectivity index (χ0n) is 9.24. The second-order valence-electron chi connectivity index (χ2n) is 3.71. The van der Waals surface area contributed by atoms with Gasteiger partial charge in [-0.1, -0.05) is 19.4 Å². The van der Waals surface area contributed by atoms with Crippen molar-refractivity contribution >= 4 is 10.1 Å². The molecular formula is C11H16O3S. The lowest BCUT2D eigenvalue weighted by Crippen LogP contribution is -2.06. The van der Waals surface area contributed by atoms with Crippen molar-refractivity contribution in [3.8, 4) is 0 Å². The largest absolute Gasteiger partial charge is 0.294 e. The Morgan fingerprint density at radius 3 is 2.33 bits per heavy atom. The minimum Gasteiger partial charge on any atom is -0.282 e. The summed E-state index contributed by atoms with van der Waals surface area (Å²) < 4.78 is 31.4. The minimum atomic E-state index is -4.09. The molecule has 3 nitrogen and oxygen atoms in total. The van der Waals surface area contributed by atoms with Crippen molar-refractivity contribution in [3.05, 3.63) is 28.8 Å². The normalized spacial score (nSPS) is 11.7. The summed E-state index contributed by atoms with van der Waals surface area (Å²) in [6, 6.07) is 3.19. The number of benzene rings is 1. The summed E-state index contributed by atoms with van der Waals surface area (Å²) in [5.74, 6) is 0. The quantitative estimate of drug-likeness (QED) is 0.809. The lowest BCUT2D eigenvalue weighted by Gasteiger charge is -2.11. The van der Waals surface area contributed by atoms with Crippen molar-refractivity contribution in [1.82, 2.24) is 0 Å². The molecule has 0 amide bonds. The maximum absolute atomic E-state index is 11.1. The van der Waals surface area contributed by atoms with E-state index in [4.69, 9.17) is 4.55 Å². The van der Waals surface area contributed by atoms with Gasteiger partial charge in [-0.3, -0.25) is 4.55 Å². The van der Waals surface area contributed by atoms with Gasteiger partial charge in [0, 0.05) is 0 Å². The monoisotopic (exact) mass is 228 g/mol. The molecule has 1 aromatic carbocycles. The maximum atomic E-state index is 11.1. The molecule has 0 saturated heterocycles.